The number of hydrogen-bond donors (Lipinski definition) is 0. The zero-order chi connectivity index (χ0) is 23.8. The molecule has 0 radical (unpaired) electrons. The van der Waals surface area contributed by atoms with Gasteiger partial charge in [-0.05, 0) is 58.3 Å². The minimum Gasteiger partial charge on any atom is -0.419 e. The number of methoxy groups -OCH3 is 1. The van der Waals surface area contributed by atoms with Gasteiger partial charge >= 0.3 is 11.3 Å². The van der Waals surface area contributed by atoms with E-state index in [4.69, 9.17) is 23.1 Å². The summed E-state index contributed by atoms with van der Waals surface area (Å²) in [6, 6.07) is 3.38. The molecule has 0 amide bonds. The van der Waals surface area contributed by atoms with E-state index in [1.807, 2.05) is 13.8 Å². The summed E-state index contributed by atoms with van der Waals surface area (Å²) in [5, 5.41) is 13.8. The monoisotopic (exact) mass is 469 g/mol. The molecular weight excluding hydrogens is 442 g/mol. The number of aromatic nitrogens is 4. The molecule has 0 spiro atoms. The van der Waals surface area contributed by atoms with Crippen molar-refractivity contribution in [3.8, 4) is 11.6 Å². The Hall–Kier alpha value is -3.31. The summed E-state index contributed by atoms with van der Waals surface area (Å²) < 4.78 is 23.5. The predicted octanol–water partition coefficient (Wildman–Crippen LogP) is 2.94. The van der Waals surface area contributed by atoms with Crippen molar-refractivity contribution in [2.75, 3.05) is 33.4 Å². The molecule has 3 aromatic heterocycles. The van der Waals surface area contributed by atoms with Gasteiger partial charge in [0.25, 0.3) is 5.89 Å². The average Bonchev–Trinajstić information content (AvgIpc) is 3.46. The standard InChI is InChI=1S/C23H27N5O6/c1-13(2)28-15-5-6-16-19(33-23(30)22(29)32-16)17(15)18(26-28)21-25-24-20(34-21)14-7-10-27(11-8-14)9-4-12-31-3/h5-6,13-14H,4,7-12H2,1-3H3. The van der Waals surface area contributed by atoms with E-state index in [2.05, 4.69) is 15.1 Å². The molecule has 1 fully saturated rings. The maximum absolute atomic E-state index is 11.9. The van der Waals surface area contributed by atoms with Crippen molar-refractivity contribution in [2.24, 2.45) is 0 Å². The van der Waals surface area contributed by atoms with Gasteiger partial charge in [0.05, 0.1) is 10.9 Å². The number of benzene rings is 1. The van der Waals surface area contributed by atoms with Gasteiger partial charge in [-0.1, -0.05) is 0 Å². The van der Waals surface area contributed by atoms with E-state index in [-0.39, 0.29) is 29.0 Å². The van der Waals surface area contributed by atoms with Crippen molar-refractivity contribution in [1.29, 1.82) is 0 Å². The molecular formula is C23H27N5O6. The van der Waals surface area contributed by atoms with Crippen molar-refractivity contribution in [3.63, 3.8) is 0 Å². The lowest BCUT2D eigenvalue weighted by atomic mass is 9.97. The van der Waals surface area contributed by atoms with Crippen LogP contribution in [0.5, 0.6) is 0 Å². The molecule has 180 valence electrons. The molecule has 11 nitrogen and oxygen atoms in total. The Morgan fingerprint density at radius 3 is 2.59 bits per heavy atom. The summed E-state index contributed by atoms with van der Waals surface area (Å²) in [4.78, 5) is 26.0. The quantitative estimate of drug-likeness (QED) is 0.294. The second-order valence-corrected chi connectivity index (χ2v) is 8.86. The minimum absolute atomic E-state index is 0.0148. The third-order valence-electron chi connectivity index (χ3n) is 6.25. The molecule has 34 heavy (non-hydrogen) atoms. The van der Waals surface area contributed by atoms with Crippen LogP contribution in [-0.2, 0) is 4.74 Å². The molecule has 0 saturated carbocycles. The molecule has 0 aliphatic carbocycles. The van der Waals surface area contributed by atoms with Gasteiger partial charge in [-0.15, -0.1) is 10.2 Å². The zero-order valence-electron chi connectivity index (χ0n) is 19.4. The Morgan fingerprint density at radius 1 is 1.09 bits per heavy atom. The van der Waals surface area contributed by atoms with Crippen LogP contribution in [0.3, 0.4) is 0 Å². The normalized spacial score (nSPS) is 15.8. The van der Waals surface area contributed by atoms with Crippen molar-refractivity contribution in [1.82, 2.24) is 24.9 Å². The van der Waals surface area contributed by atoms with Gasteiger partial charge in [0.1, 0.15) is 0 Å². The van der Waals surface area contributed by atoms with E-state index >= 15 is 0 Å². The SMILES string of the molecule is COCCCN1CCC(c2nnc(-c3nn(C(C)C)c4ccc5oc(=O)c(=O)oc5c34)o2)CC1. The maximum Gasteiger partial charge on any atom is 0.423 e. The highest BCUT2D eigenvalue weighted by atomic mass is 16.5. The van der Waals surface area contributed by atoms with Crippen LogP contribution in [0.25, 0.3) is 33.7 Å². The van der Waals surface area contributed by atoms with Crippen molar-refractivity contribution in [3.05, 3.63) is 38.9 Å². The second-order valence-electron chi connectivity index (χ2n) is 8.86. The lowest BCUT2D eigenvalue weighted by Gasteiger charge is -2.30. The zero-order valence-corrected chi connectivity index (χ0v) is 19.4. The van der Waals surface area contributed by atoms with Crippen LogP contribution >= 0.6 is 0 Å². The number of hydrogen-bond acceptors (Lipinski definition) is 10. The van der Waals surface area contributed by atoms with Crippen LogP contribution in [0, 0.1) is 0 Å². The fraction of sp³-hybridized carbons (Fsp3) is 0.522. The first-order valence-corrected chi connectivity index (χ1v) is 11.5. The molecule has 0 atom stereocenters. The molecule has 1 aromatic carbocycles. The van der Waals surface area contributed by atoms with E-state index in [0.29, 0.717) is 22.5 Å². The number of rotatable bonds is 7. The Balaban J connectivity index is 1.49. The van der Waals surface area contributed by atoms with E-state index in [0.717, 1.165) is 45.5 Å². The van der Waals surface area contributed by atoms with Crippen molar-refractivity contribution >= 4 is 22.1 Å². The molecule has 0 N–H and O–H groups in total. The van der Waals surface area contributed by atoms with Gasteiger partial charge in [-0.2, -0.15) is 5.10 Å². The van der Waals surface area contributed by atoms with Crippen LogP contribution in [-0.4, -0.2) is 58.2 Å². The molecule has 4 heterocycles. The summed E-state index contributed by atoms with van der Waals surface area (Å²) in [6.07, 6.45) is 2.87. The fourth-order valence-electron chi connectivity index (χ4n) is 4.52. The van der Waals surface area contributed by atoms with Crippen LogP contribution in [0.4, 0.5) is 0 Å². The van der Waals surface area contributed by atoms with Gasteiger partial charge in [-0.3, -0.25) is 4.68 Å². The van der Waals surface area contributed by atoms with Crippen LogP contribution in [0.1, 0.15) is 51.0 Å². The first-order chi connectivity index (χ1) is 16.5. The molecule has 1 aliphatic rings. The Labute approximate surface area is 194 Å². The van der Waals surface area contributed by atoms with E-state index in [9.17, 15) is 9.59 Å². The van der Waals surface area contributed by atoms with Gasteiger partial charge in [0, 0.05) is 32.2 Å². The first-order valence-electron chi connectivity index (χ1n) is 11.5. The summed E-state index contributed by atoms with van der Waals surface area (Å²) in [6.45, 7) is 7.69. The molecule has 1 aliphatic heterocycles. The molecule has 4 aromatic rings. The Morgan fingerprint density at radius 2 is 1.85 bits per heavy atom. The molecule has 0 bridgehead atoms. The Bertz CT molecular complexity index is 1420. The largest absolute Gasteiger partial charge is 0.423 e. The number of fused-ring (bicyclic) bond motifs is 3. The average molecular weight is 469 g/mol. The molecule has 1 saturated heterocycles. The number of likely N-dealkylation sites (tertiary alicyclic amines) is 1. The Kier molecular flexibility index (Phi) is 6.05. The van der Waals surface area contributed by atoms with Crippen molar-refractivity contribution < 1.29 is 18.0 Å². The van der Waals surface area contributed by atoms with E-state index in [1.54, 1.807) is 23.9 Å². The van der Waals surface area contributed by atoms with Gasteiger partial charge in [0.15, 0.2) is 16.9 Å². The van der Waals surface area contributed by atoms with E-state index in [1.165, 1.54) is 0 Å². The highest BCUT2D eigenvalue weighted by Crippen LogP contribution is 2.35. The van der Waals surface area contributed by atoms with Gasteiger partial charge in [-0.25, -0.2) is 9.59 Å². The highest BCUT2D eigenvalue weighted by molar-refractivity contribution is 6.07. The third-order valence-corrected chi connectivity index (χ3v) is 6.25. The van der Waals surface area contributed by atoms with Crippen LogP contribution in [0.2, 0.25) is 0 Å². The van der Waals surface area contributed by atoms with E-state index < -0.39 is 11.3 Å². The number of nitrogens with zero attached hydrogens (tertiary/aromatic N) is 5. The predicted molar refractivity (Wildman–Crippen MR) is 123 cm³/mol. The van der Waals surface area contributed by atoms with Crippen LogP contribution < -0.4 is 11.3 Å². The number of ether oxygens (including phenoxy) is 1. The van der Waals surface area contributed by atoms with Gasteiger partial charge in [0.2, 0.25) is 5.89 Å². The number of piperidine rings is 1. The first kappa shape index (κ1) is 22.5. The second kappa shape index (κ2) is 9.15. The summed E-state index contributed by atoms with van der Waals surface area (Å²) in [5.74, 6) is 0.987. The topological polar surface area (TPSA) is 130 Å². The lowest BCUT2D eigenvalue weighted by molar-refractivity contribution is 0.154. The minimum atomic E-state index is -1.08. The summed E-state index contributed by atoms with van der Waals surface area (Å²) >= 11 is 0. The molecule has 0 unspecified atom stereocenters. The molecule has 11 heteroatoms. The third kappa shape index (κ3) is 4.05. The summed E-state index contributed by atoms with van der Waals surface area (Å²) in [5.41, 5.74) is -0.749. The van der Waals surface area contributed by atoms with Crippen molar-refractivity contribution in [2.45, 2.75) is 45.1 Å². The maximum atomic E-state index is 11.9. The van der Waals surface area contributed by atoms with Gasteiger partial charge < -0.3 is 22.9 Å². The van der Waals surface area contributed by atoms with Crippen LogP contribution in [0.15, 0.2) is 35.0 Å². The molecule has 5 rings (SSSR count). The fourth-order valence-corrected chi connectivity index (χ4v) is 4.52. The highest BCUT2D eigenvalue weighted by Gasteiger charge is 2.28. The lowest BCUT2D eigenvalue weighted by Crippen LogP contribution is -2.34. The smallest absolute Gasteiger partial charge is 0.419 e. The summed E-state index contributed by atoms with van der Waals surface area (Å²) in [7, 11) is 1.72.